The summed E-state index contributed by atoms with van der Waals surface area (Å²) in [5.41, 5.74) is 1.49. The number of methoxy groups -OCH3 is 1. The molecule has 2 N–H and O–H groups in total. The molecular weight excluding hydrogens is 272 g/mol. The molecule has 1 aromatic heterocycles. The highest BCUT2D eigenvalue weighted by Gasteiger charge is 2.15. The Balaban J connectivity index is 2.30. The average Bonchev–Trinajstić information content (AvgIpc) is 2.48. The quantitative estimate of drug-likeness (QED) is 0.841. The molecule has 21 heavy (non-hydrogen) atoms. The van der Waals surface area contributed by atoms with Crippen LogP contribution in [0.4, 0.5) is 5.69 Å². The summed E-state index contributed by atoms with van der Waals surface area (Å²) in [6, 6.07) is 7.69. The summed E-state index contributed by atoms with van der Waals surface area (Å²) in [5.74, 6) is -0.962. The molecule has 0 saturated carbocycles. The van der Waals surface area contributed by atoms with Gasteiger partial charge in [0.25, 0.3) is 5.91 Å². The van der Waals surface area contributed by atoms with Crippen molar-refractivity contribution in [1.82, 2.24) is 4.98 Å². The third-order valence-corrected chi connectivity index (χ3v) is 2.87. The van der Waals surface area contributed by atoms with Crippen LogP contribution in [-0.2, 0) is 4.74 Å². The van der Waals surface area contributed by atoms with Crippen molar-refractivity contribution in [3.05, 3.63) is 63.6 Å². The normalized spacial score (nSPS) is 10.0. The zero-order valence-electron chi connectivity index (χ0n) is 11.6. The van der Waals surface area contributed by atoms with E-state index in [0.717, 1.165) is 5.56 Å². The molecule has 1 amide bonds. The molecule has 0 unspecified atom stereocenters. The topological polar surface area (TPSA) is 88.3 Å². The number of nitrogens with one attached hydrogen (secondary N) is 2. The van der Waals surface area contributed by atoms with Gasteiger partial charge in [-0.3, -0.25) is 9.59 Å². The fourth-order valence-electron chi connectivity index (χ4n) is 1.79. The molecule has 0 radical (unpaired) electrons. The summed E-state index contributed by atoms with van der Waals surface area (Å²) < 4.78 is 4.70. The molecular formula is C15H14N2O4. The molecule has 1 aromatic carbocycles. The van der Waals surface area contributed by atoms with Crippen molar-refractivity contribution in [2.24, 2.45) is 0 Å². The predicted molar refractivity (Wildman–Crippen MR) is 77.5 cm³/mol. The number of amides is 1. The molecule has 1 heterocycles. The molecule has 108 valence electrons. The SMILES string of the molecule is COC(=O)c1cc(C)ccc1NC(=O)c1ccc(=O)[nH]c1. The van der Waals surface area contributed by atoms with Crippen LogP contribution in [0.2, 0.25) is 0 Å². The van der Waals surface area contributed by atoms with Gasteiger partial charge in [-0.05, 0) is 25.1 Å². The molecule has 0 spiro atoms. The zero-order valence-corrected chi connectivity index (χ0v) is 11.6. The summed E-state index contributed by atoms with van der Waals surface area (Å²) in [5, 5.41) is 2.63. The van der Waals surface area contributed by atoms with Crippen molar-refractivity contribution in [3.63, 3.8) is 0 Å². The first-order valence-corrected chi connectivity index (χ1v) is 6.20. The monoisotopic (exact) mass is 286 g/mol. The Hall–Kier alpha value is -2.89. The lowest BCUT2D eigenvalue weighted by Crippen LogP contribution is -2.17. The van der Waals surface area contributed by atoms with Crippen LogP contribution in [0.3, 0.4) is 0 Å². The second-order valence-corrected chi connectivity index (χ2v) is 4.44. The van der Waals surface area contributed by atoms with Gasteiger partial charge in [0.05, 0.1) is 23.9 Å². The van der Waals surface area contributed by atoms with Gasteiger partial charge in [-0.1, -0.05) is 11.6 Å². The zero-order chi connectivity index (χ0) is 15.4. The van der Waals surface area contributed by atoms with Crippen LogP contribution in [0.25, 0.3) is 0 Å². The van der Waals surface area contributed by atoms with Crippen LogP contribution in [0.15, 0.2) is 41.3 Å². The van der Waals surface area contributed by atoms with Gasteiger partial charge in [0.1, 0.15) is 0 Å². The lowest BCUT2D eigenvalue weighted by atomic mass is 10.1. The third-order valence-electron chi connectivity index (χ3n) is 2.87. The maximum atomic E-state index is 12.1. The van der Waals surface area contributed by atoms with E-state index in [9.17, 15) is 14.4 Å². The maximum Gasteiger partial charge on any atom is 0.339 e. The number of aryl methyl sites for hydroxylation is 1. The van der Waals surface area contributed by atoms with Crippen molar-refractivity contribution < 1.29 is 14.3 Å². The number of benzene rings is 1. The first-order chi connectivity index (χ1) is 10.0. The molecule has 0 fully saturated rings. The molecule has 0 aliphatic carbocycles. The highest BCUT2D eigenvalue weighted by atomic mass is 16.5. The van der Waals surface area contributed by atoms with E-state index >= 15 is 0 Å². The van der Waals surface area contributed by atoms with E-state index in [1.807, 2.05) is 6.92 Å². The fourth-order valence-corrected chi connectivity index (χ4v) is 1.79. The minimum absolute atomic E-state index is 0.273. The number of H-pyrrole nitrogens is 1. The summed E-state index contributed by atoms with van der Waals surface area (Å²) in [4.78, 5) is 37.2. The molecule has 6 nitrogen and oxygen atoms in total. The van der Waals surface area contributed by atoms with E-state index in [1.54, 1.807) is 18.2 Å². The van der Waals surface area contributed by atoms with Gasteiger partial charge in [0.15, 0.2) is 0 Å². The molecule has 2 aromatic rings. The number of anilines is 1. The van der Waals surface area contributed by atoms with Crippen LogP contribution < -0.4 is 10.9 Å². The van der Waals surface area contributed by atoms with Gasteiger partial charge in [0.2, 0.25) is 5.56 Å². The fraction of sp³-hybridized carbons (Fsp3) is 0.133. The van der Waals surface area contributed by atoms with E-state index in [2.05, 4.69) is 10.3 Å². The number of esters is 1. The van der Waals surface area contributed by atoms with Crippen molar-refractivity contribution in [1.29, 1.82) is 0 Å². The molecule has 0 atom stereocenters. The largest absolute Gasteiger partial charge is 0.465 e. The lowest BCUT2D eigenvalue weighted by molar-refractivity contribution is 0.0602. The number of hydrogen-bond acceptors (Lipinski definition) is 4. The number of pyridine rings is 1. The van der Waals surface area contributed by atoms with Crippen molar-refractivity contribution in [3.8, 4) is 0 Å². The van der Waals surface area contributed by atoms with Crippen LogP contribution in [0, 0.1) is 6.92 Å². The van der Waals surface area contributed by atoms with Crippen molar-refractivity contribution >= 4 is 17.6 Å². The third kappa shape index (κ3) is 3.36. The van der Waals surface area contributed by atoms with E-state index < -0.39 is 11.9 Å². The van der Waals surface area contributed by atoms with E-state index in [1.165, 1.54) is 25.4 Å². The van der Waals surface area contributed by atoms with Gasteiger partial charge < -0.3 is 15.0 Å². The maximum absolute atomic E-state index is 12.1. The number of carbonyl (C=O) groups excluding carboxylic acids is 2. The van der Waals surface area contributed by atoms with Gasteiger partial charge in [-0.25, -0.2) is 4.79 Å². The Kier molecular flexibility index (Phi) is 4.18. The van der Waals surface area contributed by atoms with Gasteiger partial charge >= 0.3 is 5.97 Å². The summed E-state index contributed by atoms with van der Waals surface area (Å²) in [6.07, 6.45) is 1.31. The molecule has 0 aliphatic rings. The van der Waals surface area contributed by atoms with E-state index in [4.69, 9.17) is 4.74 Å². The molecule has 0 aliphatic heterocycles. The van der Waals surface area contributed by atoms with E-state index in [-0.39, 0.29) is 16.7 Å². The second-order valence-electron chi connectivity index (χ2n) is 4.44. The molecule has 6 heteroatoms. The average molecular weight is 286 g/mol. The first kappa shape index (κ1) is 14.5. The van der Waals surface area contributed by atoms with Crippen LogP contribution in [-0.4, -0.2) is 24.0 Å². The van der Waals surface area contributed by atoms with Crippen molar-refractivity contribution in [2.45, 2.75) is 6.92 Å². The Bertz CT molecular complexity index is 729. The standard InChI is InChI=1S/C15H14N2O4/c1-9-3-5-12(11(7-9)15(20)21-2)17-14(19)10-4-6-13(18)16-8-10/h3-8H,1-2H3,(H,16,18)(H,17,19). The molecule has 2 rings (SSSR count). The first-order valence-electron chi connectivity index (χ1n) is 6.20. The molecule has 0 saturated heterocycles. The minimum Gasteiger partial charge on any atom is -0.465 e. The number of rotatable bonds is 3. The Labute approximate surface area is 120 Å². The van der Waals surface area contributed by atoms with Gasteiger partial charge in [-0.2, -0.15) is 0 Å². The van der Waals surface area contributed by atoms with Crippen LogP contribution >= 0.6 is 0 Å². The number of hydrogen-bond donors (Lipinski definition) is 2. The Morgan fingerprint density at radius 3 is 2.57 bits per heavy atom. The summed E-state index contributed by atoms with van der Waals surface area (Å²) >= 11 is 0. The number of carbonyl (C=O) groups is 2. The second kappa shape index (κ2) is 6.04. The number of aromatic amines is 1. The predicted octanol–water partition coefficient (Wildman–Crippen LogP) is 1.72. The van der Waals surface area contributed by atoms with Crippen molar-refractivity contribution in [2.75, 3.05) is 12.4 Å². The highest BCUT2D eigenvalue weighted by molar-refractivity contribution is 6.07. The molecule has 0 bridgehead atoms. The number of ether oxygens (including phenoxy) is 1. The van der Waals surface area contributed by atoms with Gasteiger partial charge in [0, 0.05) is 12.3 Å². The Morgan fingerprint density at radius 2 is 1.95 bits per heavy atom. The Morgan fingerprint density at radius 1 is 1.19 bits per heavy atom. The minimum atomic E-state index is -0.532. The number of aromatic nitrogens is 1. The van der Waals surface area contributed by atoms with E-state index in [0.29, 0.717) is 5.69 Å². The smallest absolute Gasteiger partial charge is 0.339 e. The van der Waals surface area contributed by atoms with Gasteiger partial charge in [-0.15, -0.1) is 0 Å². The van der Waals surface area contributed by atoms with Crippen LogP contribution in [0.5, 0.6) is 0 Å². The summed E-state index contributed by atoms with van der Waals surface area (Å²) in [6.45, 7) is 1.83. The highest BCUT2D eigenvalue weighted by Crippen LogP contribution is 2.19. The van der Waals surface area contributed by atoms with Crippen LogP contribution in [0.1, 0.15) is 26.3 Å². The summed E-state index contributed by atoms with van der Waals surface area (Å²) in [7, 11) is 1.28. The lowest BCUT2D eigenvalue weighted by Gasteiger charge is -2.10.